The summed E-state index contributed by atoms with van der Waals surface area (Å²) in [7, 11) is 4.27. The zero-order chi connectivity index (χ0) is 16.7. The number of hydrogen-bond donors (Lipinski definition) is 1. The molecule has 2 atom stereocenters. The van der Waals surface area contributed by atoms with E-state index < -0.39 is 0 Å². The lowest BCUT2D eigenvalue weighted by atomic mass is 10.0. The summed E-state index contributed by atoms with van der Waals surface area (Å²) in [6.45, 7) is 2.04. The molecule has 0 amide bonds. The van der Waals surface area contributed by atoms with Gasteiger partial charge < -0.3 is 14.9 Å². The number of hydrogen-bond acceptors (Lipinski definition) is 6. The molecule has 0 radical (unpaired) electrons. The molecule has 4 rings (SSSR count). The second-order valence-electron chi connectivity index (χ2n) is 7.48. The van der Waals surface area contributed by atoms with Crippen molar-refractivity contribution in [1.29, 1.82) is 0 Å². The number of nitrogens with zero attached hydrogens (tertiary/aromatic N) is 6. The normalized spacial score (nSPS) is 25.4. The van der Waals surface area contributed by atoms with E-state index in [2.05, 4.69) is 45.3 Å². The second kappa shape index (κ2) is 6.29. The topological polar surface area (TPSA) is 69.8 Å². The Balaban J connectivity index is 1.74. The summed E-state index contributed by atoms with van der Waals surface area (Å²) in [6, 6.07) is 2.68. The average Bonchev–Trinajstić information content (AvgIpc) is 3.35. The maximum absolute atomic E-state index is 9.75. The molecule has 0 spiro atoms. The number of aliphatic hydroxyl groups excluding tert-OH is 1. The first kappa shape index (κ1) is 15.8. The number of aromatic nitrogens is 4. The highest BCUT2D eigenvalue weighted by Crippen LogP contribution is 2.40. The molecule has 2 aliphatic rings. The highest BCUT2D eigenvalue weighted by Gasteiger charge is 2.30. The summed E-state index contributed by atoms with van der Waals surface area (Å²) < 4.78 is 1.81. The van der Waals surface area contributed by atoms with Crippen molar-refractivity contribution in [3.63, 3.8) is 0 Å². The first-order valence-electron chi connectivity index (χ1n) is 8.89. The van der Waals surface area contributed by atoms with Crippen molar-refractivity contribution < 1.29 is 5.11 Å². The van der Waals surface area contributed by atoms with Gasteiger partial charge in [0.25, 0.3) is 0 Å². The van der Waals surface area contributed by atoms with Crippen LogP contribution in [0.25, 0.3) is 5.65 Å². The van der Waals surface area contributed by atoms with Crippen LogP contribution in [0.15, 0.2) is 12.4 Å². The van der Waals surface area contributed by atoms with Crippen molar-refractivity contribution in [2.75, 3.05) is 38.7 Å². The van der Waals surface area contributed by atoms with Crippen LogP contribution in [0.4, 0.5) is 5.69 Å². The lowest BCUT2D eigenvalue weighted by Crippen LogP contribution is -2.40. The van der Waals surface area contributed by atoms with Crippen molar-refractivity contribution in [3.05, 3.63) is 18.1 Å². The molecule has 1 saturated carbocycles. The van der Waals surface area contributed by atoms with Gasteiger partial charge in [-0.15, -0.1) is 10.2 Å². The maximum atomic E-state index is 9.75. The molecule has 0 bridgehead atoms. The van der Waals surface area contributed by atoms with Crippen LogP contribution in [0, 0.1) is 5.92 Å². The number of anilines is 1. The third-order valence-electron chi connectivity index (χ3n) is 5.41. The van der Waals surface area contributed by atoms with Gasteiger partial charge in [0.2, 0.25) is 5.65 Å². The number of aliphatic hydroxyl groups is 1. The molecule has 130 valence electrons. The molecule has 1 N–H and O–H groups in total. The molecule has 0 aromatic carbocycles. The molecule has 3 heterocycles. The Bertz CT molecular complexity index is 710. The Morgan fingerprint density at radius 2 is 2.04 bits per heavy atom. The minimum Gasteiger partial charge on any atom is -0.396 e. The largest absolute Gasteiger partial charge is 0.396 e. The van der Waals surface area contributed by atoms with Gasteiger partial charge in [0.05, 0.1) is 11.4 Å². The first-order chi connectivity index (χ1) is 11.7. The van der Waals surface area contributed by atoms with Crippen molar-refractivity contribution in [2.24, 2.45) is 5.92 Å². The third kappa shape index (κ3) is 2.98. The summed E-state index contributed by atoms with van der Waals surface area (Å²) >= 11 is 0. The zero-order valence-corrected chi connectivity index (χ0v) is 14.5. The number of fused-ring (bicyclic) bond motifs is 1. The molecule has 2 aromatic heterocycles. The Hall–Kier alpha value is -1.73. The van der Waals surface area contributed by atoms with Gasteiger partial charge in [-0.2, -0.15) is 9.61 Å². The first-order valence-corrected chi connectivity index (χ1v) is 8.89. The molecule has 2 fully saturated rings. The third-order valence-corrected chi connectivity index (χ3v) is 5.41. The standard InChI is InChI=1S/C17H26N6O/c1-21(2)14-6-3-12(10-24)8-22(9-14)16-7-15(13-4-5-13)20-23-11-18-19-17(16)23/h7,11-14,24H,3-6,8-10H2,1-2H3/t12-,14+/m0/s1. The Kier molecular flexibility index (Phi) is 4.14. The van der Waals surface area contributed by atoms with Gasteiger partial charge >= 0.3 is 0 Å². The van der Waals surface area contributed by atoms with Crippen molar-refractivity contribution in [2.45, 2.75) is 37.6 Å². The average molecular weight is 330 g/mol. The van der Waals surface area contributed by atoms with E-state index in [1.807, 2.05) is 4.52 Å². The van der Waals surface area contributed by atoms with E-state index in [4.69, 9.17) is 0 Å². The molecule has 1 aliphatic heterocycles. The summed E-state index contributed by atoms with van der Waals surface area (Å²) in [5.74, 6) is 0.885. The molecule has 7 nitrogen and oxygen atoms in total. The van der Waals surface area contributed by atoms with Crippen LogP contribution in [-0.4, -0.2) is 69.7 Å². The van der Waals surface area contributed by atoms with Gasteiger partial charge in [-0.05, 0) is 51.8 Å². The number of likely N-dealkylation sites (N-methyl/N-ethyl adjacent to an activating group) is 1. The van der Waals surface area contributed by atoms with E-state index in [0.717, 1.165) is 43.0 Å². The second-order valence-corrected chi connectivity index (χ2v) is 7.48. The number of rotatable bonds is 4. The van der Waals surface area contributed by atoms with Crippen LogP contribution >= 0.6 is 0 Å². The Morgan fingerprint density at radius 1 is 1.21 bits per heavy atom. The quantitative estimate of drug-likeness (QED) is 0.907. The summed E-state index contributed by atoms with van der Waals surface area (Å²) in [6.07, 6.45) is 6.30. The predicted molar refractivity (Wildman–Crippen MR) is 92.3 cm³/mol. The SMILES string of the molecule is CN(C)[C@@H]1CC[C@H](CO)CN(c2cc(C3CC3)nn3cnnc23)C1. The van der Waals surface area contributed by atoms with Crippen LogP contribution in [0.2, 0.25) is 0 Å². The van der Waals surface area contributed by atoms with Crippen molar-refractivity contribution in [3.8, 4) is 0 Å². The van der Waals surface area contributed by atoms with Crippen molar-refractivity contribution in [1.82, 2.24) is 24.7 Å². The van der Waals surface area contributed by atoms with Gasteiger partial charge in [-0.1, -0.05) is 0 Å². The van der Waals surface area contributed by atoms with E-state index in [-0.39, 0.29) is 6.61 Å². The van der Waals surface area contributed by atoms with E-state index in [9.17, 15) is 5.11 Å². The lowest BCUT2D eigenvalue weighted by molar-refractivity contribution is 0.216. The fraction of sp³-hybridized carbons (Fsp3) is 0.706. The molecule has 1 saturated heterocycles. The summed E-state index contributed by atoms with van der Waals surface area (Å²) in [5.41, 5.74) is 3.07. The minimum absolute atomic E-state index is 0.236. The summed E-state index contributed by atoms with van der Waals surface area (Å²) in [5, 5.41) is 22.8. The zero-order valence-electron chi connectivity index (χ0n) is 14.5. The van der Waals surface area contributed by atoms with Gasteiger partial charge in [0, 0.05) is 31.7 Å². The highest BCUT2D eigenvalue weighted by molar-refractivity contribution is 5.68. The fourth-order valence-corrected chi connectivity index (χ4v) is 3.66. The lowest BCUT2D eigenvalue weighted by Gasteiger charge is -2.30. The van der Waals surface area contributed by atoms with Gasteiger partial charge in [0.15, 0.2) is 0 Å². The molecule has 24 heavy (non-hydrogen) atoms. The van der Waals surface area contributed by atoms with Gasteiger partial charge in [-0.3, -0.25) is 0 Å². The van der Waals surface area contributed by atoms with Crippen LogP contribution in [-0.2, 0) is 0 Å². The van der Waals surface area contributed by atoms with Crippen molar-refractivity contribution >= 4 is 11.3 Å². The summed E-state index contributed by atoms with van der Waals surface area (Å²) in [4.78, 5) is 4.67. The Labute approximate surface area is 142 Å². The van der Waals surface area contributed by atoms with Crippen LogP contribution in [0.1, 0.15) is 37.3 Å². The van der Waals surface area contributed by atoms with Crippen LogP contribution in [0.3, 0.4) is 0 Å². The molecule has 2 aromatic rings. The molecular weight excluding hydrogens is 304 g/mol. The van der Waals surface area contributed by atoms with E-state index in [1.54, 1.807) is 6.33 Å². The highest BCUT2D eigenvalue weighted by atomic mass is 16.3. The Morgan fingerprint density at radius 3 is 2.75 bits per heavy atom. The monoisotopic (exact) mass is 330 g/mol. The molecule has 0 unspecified atom stereocenters. The van der Waals surface area contributed by atoms with E-state index in [1.165, 1.54) is 12.8 Å². The predicted octanol–water partition coefficient (Wildman–Crippen LogP) is 1.14. The molecule has 7 heteroatoms. The van der Waals surface area contributed by atoms with Gasteiger partial charge in [0.1, 0.15) is 6.33 Å². The maximum Gasteiger partial charge on any atom is 0.200 e. The molecular formula is C17H26N6O. The van der Waals surface area contributed by atoms with Crippen LogP contribution in [0.5, 0.6) is 0 Å². The molecule has 1 aliphatic carbocycles. The minimum atomic E-state index is 0.236. The smallest absolute Gasteiger partial charge is 0.200 e. The fourth-order valence-electron chi connectivity index (χ4n) is 3.66. The van der Waals surface area contributed by atoms with E-state index in [0.29, 0.717) is 17.9 Å². The van der Waals surface area contributed by atoms with Gasteiger partial charge in [-0.25, -0.2) is 0 Å². The van der Waals surface area contributed by atoms with E-state index >= 15 is 0 Å². The van der Waals surface area contributed by atoms with Crippen LogP contribution < -0.4 is 4.90 Å².